The Morgan fingerprint density at radius 3 is 2.42 bits per heavy atom. The summed E-state index contributed by atoms with van der Waals surface area (Å²) in [5.74, 6) is -2.41. The molecular weight excluding hydrogens is 341 g/mol. The molecule has 26 heavy (non-hydrogen) atoms. The molecule has 0 saturated carbocycles. The van der Waals surface area contributed by atoms with E-state index in [-0.39, 0.29) is 18.7 Å². The Hall–Kier alpha value is -3.09. The van der Waals surface area contributed by atoms with Gasteiger partial charge in [0.15, 0.2) is 18.2 Å². The molecule has 0 fully saturated rings. The summed E-state index contributed by atoms with van der Waals surface area (Å²) < 4.78 is 23.7. The highest BCUT2D eigenvalue weighted by molar-refractivity contribution is 5.78. The molecule has 6 nitrogen and oxygen atoms in total. The van der Waals surface area contributed by atoms with Crippen molar-refractivity contribution in [3.8, 4) is 11.5 Å². The molecule has 0 saturated heterocycles. The first kappa shape index (κ1) is 19.2. The van der Waals surface area contributed by atoms with Crippen LogP contribution < -0.4 is 14.8 Å². The lowest BCUT2D eigenvalue weighted by atomic mass is 9.98. The molecule has 7 heteroatoms. The molecule has 138 valence electrons. The minimum atomic E-state index is -1.04. The monoisotopic (exact) mass is 361 g/mol. The van der Waals surface area contributed by atoms with Gasteiger partial charge in [-0.3, -0.25) is 9.59 Å². The number of carbonyl (C=O) groups excluding carboxylic acids is 1. The predicted molar refractivity (Wildman–Crippen MR) is 92.7 cm³/mol. The van der Waals surface area contributed by atoms with Crippen molar-refractivity contribution in [2.24, 2.45) is 5.92 Å². The second-order valence-corrected chi connectivity index (χ2v) is 5.57. The fourth-order valence-corrected chi connectivity index (χ4v) is 2.38. The van der Waals surface area contributed by atoms with E-state index in [9.17, 15) is 19.1 Å². The normalized spacial score (nSPS) is 11.5. The third-order valence-corrected chi connectivity index (χ3v) is 3.75. The number of ether oxygens (including phenoxy) is 2. The van der Waals surface area contributed by atoms with Crippen LogP contribution in [0.5, 0.6) is 11.5 Å². The fraction of sp³-hybridized carbons (Fsp3) is 0.263. The van der Waals surface area contributed by atoms with E-state index in [0.717, 1.165) is 5.56 Å². The van der Waals surface area contributed by atoms with Crippen LogP contribution in [0.1, 0.15) is 5.56 Å². The summed E-state index contributed by atoms with van der Waals surface area (Å²) in [7, 11) is 1.51. The van der Waals surface area contributed by atoms with Crippen LogP contribution in [-0.4, -0.2) is 37.2 Å². The Balaban J connectivity index is 1.89. The molecule has 2 N–H and O–H groups in total. The summed E-state index contributed by atoms with van der Waals surface area (Å²) in [6, 6.07) is 12.8. The number of hydrogen-bond donors (Lipinski definition) is 2. The molecule has 0 bridgehead atoms. The van der Waals surface area contributed by atoms with Crippen molar-refractivity contribution in [2.45, 2.75) is 6.42 Å². The third kappa shape index (κ3) is 5.47. The van der Waals surface area contributed by atoms with Gasteiger partial charge in [0, 0.05) is 6.54 Å². The van der Waals surface area contributed by atoms with Crippen LogP contribution in [-0.2, 0) is 16.0 Å². The summed E-state index contributed by atoms with van der Waals surface area (Å²) in [6.45, 7) is -0.477. The van der Waals surface area contributed by atoms with Crippen molar-refractivity contribution in [3.63, 3.8) is 0 Å². The molecule has 1 amide bonds. The average molecular weight is 361 g/mol. The molecule has 2 aromatic rings. The van der Waals surface area contributed by atoms with Gasteiger partial charge in [0.2, 0.25) is 0 Å². The second kappa shape index (κ2) is 9.41. The molecule has 0 heterocycles. The molecule has 1 atom stereocenters. The number of hydrogen-bond acceptors (Lipinski definition) is 4. The second-order valence-electron chi connectivity index (χ2n) is 5.57. The summed E-state index contributed by atoms with van der Waals surface area (Å²) >= 11 is 0. The van der Waals surface area contributed by atoms with Crippen molar-refractivity contribution >= 4 is 11.9 Å². The number of carboxylic acids is 1. The first-order chi connectivity index (χ1) is 12.5. The highest BCUT2D eigenvalue weighted by Gasteiger charge is 2.21. The maximum absolute atomic E-state index is 13.4. The van der Waals surface area contributed by atoms with Gasteiger partial charge in [-0.15, -0.1) is 0 Å². The van der Waals surface area contributed by atoms with E-state index in [4.69, 9.17) is 9.47 Å². The Morgan fingerprint density at radius 1 is 1.12 bits per heavy atom. The van der Waals surface area contributed by atoms with Crippen LogP contribution in [0, 0.1) is 11.7 Å². The lowest BCUT2D eigenvalue weighted by molar-refractivity contribution is -0.141. The number of para-hydroxylation sites is 2. The van der Waals surface area contributed by atoms with Gasteiger partial charge in [0.05, 0.1) is 13.0 Å². The van der Waals surface area contributed by atoms with Crippen molar-refractivity contribution in [1.82, 2.24) is 5.32 Å². The number of carboxylic acid groups (broad SMARTS) is 1. The van der Waals surface area contributed by atoms with Crippen molar-refractivity contribution < 1.29 is 28.6 Å². The Kier molecular flexibility index (Phi) is 6.96. The highest BCUT2D eigenvalue weighted by Crippen LogP contribution is 2.21. The van der Waals surface area contributed by atoms with Gasteiger partial charge in [-0.05, 0) is 30.2 Å². The van der Waals surface area contributed by atoms with E-state index in [0.29, 0.717) is 5.75 Å². The number of aliphatic carboxylic acids is 1. The molecule has 0 aliphatic heterocycles. The lowest BCUT2D eigenvalue weighted by Gasteiger charge is -2.15. The molecule has 1 unspecified atom stereocenters. The lowest BCUT2D eigenvalue weighted by Crippen LogP contribution is -2.36. The number of rotatable bonds is 9. The van der Waals surface area contributed by atoms with Crippen LogP contribution in [0.2, 0.25) is 0 Å². The van der Waals surface area contributed by atoms with Crippen LogP contribution in [0.4, 0.5) is 4.39 Å². The van der Waals surface area contributed by atoms with Gasteiger partial charge in [-0.25, -0.2) is 4.39 Å². The van der Waals surface area contributed by atoms with Crippen LogP contribution in [0.3, 0.4) is 0 Å². The van der Waals surface area contributed by atoms with Crippen molar-refractivity contribution in [3.05, 3.63) is 59.9 Å². The summed E-state index contributed by atoms with van der Waals surface area (Å²) in [4.78, 5) is 23.3. The Labute approximate surface area is 150 Å². The van der Waals surface area contributed by atoms with Gasteiger partial charge in [-0.2, -0.15) is 0 Å². The number of methoxy groups -OCH3 is 1. The van der Waals surface area contributed by atoms with Crippen LogP contribution >= 0.6 is 0 Å². The zero-order valence-corrected chi connectivity index (χ0v) is 14.3. The first-order valence-corrected chi connectivity index (χ1v) is 8.00. The SMILES string of the molecule is COc1ccccc1CC(CNC(=O)COc1ccccc1F)C(=O)O. The van der Waals surface area contributed by atoms with E-state index < -0.39 is 30.2 Å². The zero-order chi connectivity index (χ0) is 18.9. The van der Waals surface area contributed by atoms with Gasteiger partial charge >= 0.3 is 5.97 Å². The smallest absolute Gasteiger partial charge is 0.308 e. The standard InChI is InChI=1S/C19H20FNO5/c1-25-16-8-4-2-6-13(16)10-14(19(23)24)11-21-18(22)12-26-17-9-5-3-7-15(17)20/h2-9,14H,10-12H2,1H3,(H,21,22)(H,23,24). The number of nitrogens with one attached hydrogen (secondary N) is 1. The van der Waals surface area contributed by atoms with Crippen molar-refractivity contribution in [2.75, 3.05) is 20.3 Å². The predicted octanol–water partition coefficient (Wildman–Crippen LogP) is 2.27. The topological polar surface area (TPSA) is 84.9 Å². The van der Waals surface area contributed by atoms with Crippen LogP contribution in [0.15, 0.2) is 48.5 Å². The number of carbonyl (C=O) groups is 2. The average Bonchev–Trinajstić information content (AvgIpc) is 2.64. The summed E-state index contributed by atoms with van der Waals surface area (Å²) in [5, 5.41) is 11.9. The maximum atomic E-state index is 13.4. The van der Waals surface area contributed by atoms with Gasteiger partial charge in [-0.1, -0.05) is 30.3 Å². The van der Waals surface area contributed by atoms with E-state index in [1.54, 1.807) is 30.3 Å². The molecule has 0 aromatic heterocycles. The molecule has 2 rings (SSSR count). The van der Waals surface area contributed by atoms with Gasteiger partial charge in [0.25, 0.3) is 5.91 Å². The quantitative estimate of drug-likeness (QED) is 0.716. The number of halogens is 1. The summed E-state index contributed by atoms with van der Waals surface area (Å²) in [5.41, 5.74) is 0.735. The largest absolute Gasteiger partial charge is 0.496 e. The van der Waals surface area contributed by atoms with Crippen LogP contribution in [0.25, 0.3) is 0 Å². The summed E-state index contributed by atoms with van der Waals surface area (Å²) in [6.07, 6.45) is 0.202. The first-order valence-electron chi connectivity index (χ1n) is 8.00. The minimum Gasteiger partial charge on any atom is -0.496 e. The fourth-order valence-electron chi connectivity index (χ4n) is 2.38. The maximum Gasteiger partial charge on any atom is 0.308 e. The number of benzene rings is 2. The number of amides is 1. The molecule has 0 aliphatic rings. The van der Waals surface area contributed by atoms with Crippen molar-refractivity contribution in [1.29, 1.82) is 0 Å². The third-order valence-electron chi connectivity index (χ3n) is 3.75. The highest BCUT2D eigenvalue weighted by atomic mass is 19.1. The van der Waals surface area contributed by atoms with E-state index >= 15 is 0 Å². The zero-order valence-electron chi connectivity index (χ0n) is 14.3. The van der Waals surface area contributed by atoms with E-state index in [2.05, 4.69) is 5.32 Å². The molecule has 0 aliphatic carbocycles. The molecular formula is C19H20FNO5. The van der Waals surface area contributed by atoms with E-state index in [1.165, 1.54) is 25.3 Å². The van der Waals surface area contributed by atoms with Gasteiger partial charge < -0.3 is 19.9 Å². The molecule has 2 aromatic carbocycles. The molecule has 0 spiro atoms. The van der Waals surface area contributed by atoms with Gasteiger partial charge in [0.1, 0.15) is 5.75 Å². The Bertz CT molecular complexity index is 765. The van der Waals surface area contributed by atoms with E-state index in [1.807, 2.05) is 0 Å². The Morgan fingerprint density at radius 2 is 1.77 bits per heavy atom. The molecule has 0 radical (unpaired) electrons. The minimum absolute atomic E-state index is 0.0357.